The molecule has 100 valence electrons. The van der Waals surface area contributed by atoms with Crippen molar-refractivity contribution in [1.29, 1.82) is 0 Å². The Balaban J connectivity index is 2.83. The van der Waals surface area contributed by atoms with Gasteiger partial charge in [-0.25, -0.2) is 13.2 Å². The Hall–Kier alpha value is -1.93. The van der Waals surface area contributed by atoms with Crippen molar-refractivity contribution in [1.82, 2.24) is 0 Å². The highest BCUT2D eigenvalue weighted by Crippen LogP contribution is 2.26. The second-order valence-corrected chi connectivity index (χ2v) is 3.25. The van der Waals surface area contributed by atoms with E-state index in [9.17, 15) is 32.1 Å². The van der Waals surface area contributed by atoms with E-state index in [1.807, 2.05) is 0 Å². The quantitative estimate of drug-likeness (QED) is 0.470. The van der Waals surface area contributed by atoms with Crippen LogP contribution in [0.5, 0.6) is 5.75 Å². The smallest absolute Gasteiger partial charge is 0.340 e. The Kier molecular flexibility index (Phi) is 4.04. The maximum atomic E-state index is 12.8. The lowest BCUT2D eigenvalue weighted by Crippen LogP contribution is -2.33. The van der Waals surface area contributed by atoms with Gasteiger partial charge in [0.05, 0.1) is 17.1 Å². The second-order valence-electron chi connectivity index (χ2n) is 3.25. The number of ether oxygens (including phenoxy) is 1. The van der Waals surface area contributed by atoms with Crippen molar-refractivity contribution in [3.8, 4) is 5.75 Å². The zero-order valence-corrected chi connectivity index (χ0v) is 8.58. The third-order valence-corrected chi connectivity index (χ3v) is 1.82. The van der Waals surface area contributed by atoms with E-state index >= 15 is 0 Å². The van der Waals surface area contributed by atoms with Crippen LogP contribution in [0.15, 0.2) is 18.2 Å². The molecule has 0 atom stereocenters. The summed E-state index contributed by atoms with van der Waals surface area (Å²) >= 11 is 0. The number of hydrogen-bond acceptors (Lipinski definition) is 3. The third-order valence-electron chi connectivity index (χ3n) is 1.82. The summed E-state index contributed by atoms with van der Waals surface area (Å²) in [5, 5.41) is 10.3. The van der Waals surface area contributed by atoms with Crippen molar-refractivity contribution in [2.24, 2.45) is 0 Å². The molecule has 0 aliphatic rings. The number of nitrogens with zero attached hydrogens (tertiary/aromatic N) is 1. The molecule has 0 fully saturated rings. The molecule has 1 aromatic rings. The van der Waals surface area contributed by atoms with E-state index in [4.69, 9.17) is 0 Å². The third kappa shape index (κ3) is 3.54. The average molecular weight is 271 g/mol. The minimum atomic E-state index is -4.42. The van der Waals surface area contributed by atoms with Crippen LogP contribution in [0.25, 0.3) is 0 Å². The van der Waals surface area contributed by atoms with Gasteiger partial charge in [0.25, 0.3) is 5.69 Å². The Bertz CT molecular complexity index is 452. The molecular formula is C9H6F5NO3. The summed E-state index contributed by atoms with van der Waals surface area (Å²) in [4.78, 5) is 9.36. The number of halogens is 5. The van der Waals surface area contributed by atoms with E-state index < -0.39 is 41.1 Å². The first-order chi connectivity index (χ1) is 8.22. The van der Waals surface area contributed by atoms with E-state index in [1.165, 1.54) is 0 Å². The van der Waals surface area contributed by atoms with Gasteiger partial charge >= 0.3 is 12.3 Å². The van der Waals surface area contributed by atoms with Crippen molar-refractivity contribution in [3.05, 3.63) is 34.1 Å². The molecule has 0 saturated carbocycles. The van der Waals surface area contributed by atoms with Crippen LogP contribution < -0.4 is 4.74 Å². The van der Waals surface area contributed by atoms with Gasteiger partial charge in [0.2, 0.25) is 0 Å². The molecule has 0 aromatic heterocycles. The Morgan fingerprint density at radius 3 is 2.44 bits per heavy atom. The molecule has 0 saturated heterocycles. The molecule has 18 heavy (non-hydrogen) atoms. The van der Waals surface area contributed by atoms with Crippen LogP contribution in [0.1, 0.15) is 0 Å². The van der Waals surface area contributed by atoms with E-state index in [2.05, 4.69) is 4.74 Å². The first-order valence-corrected chi connectivity index (χ1v) is 4.46. The van der Waals surface area contributed by atoms with Crippen LogP contribution in [0.4, 0.5) is 27.6 Å². The lowest BCUT2D eigenvalue weighted by Gasteiger charge is -2.15. The number of alkyl halides is 4. The van der Waals surface area contributed by atoms with Gasteiger partial charge in [-0.05, 0) is 0 Å². The van der Waals surface area contributed by atoms with Crippen LogP contribution in [-0.4, -0.2) is 23.9 Å². The molecule has 1 aromatic carbocycles. The number of rotatable bonds is 5. The molecule has 0 radical (unpaired) electrons. The molecule has 9 heteroatoms. The molecule has 0 spiro atoms. The molecule has 1 rings (SSSR count). The van der Waals surface area contributed by atoms with Crippen molar-refractivity contribution >= 4 is 5.69 Å². The predicted molar refractivity (Wildman–Crippen MR) is 49.5 cm³/mol. The molecule has 0 unspecified atom stereocenters. The predicted octanol–water partition coefficient (Wildman–Crippen LogP) is 3.01. The summed E-state index contributed by atoms with van der Waals surface area (Å²) in [6, 6.07) is 1.78. The van der Waals surface area contributed by atoms with Crippen LogP contribution in [0, 0.1) is 15.9 Å². The molecule has 0 bridgehead atoms. The highest BCUT2D eigenvalue weighted by Gasteiger charge is 2.41. The number of benzene rings is 1. The van der Waals surface area contributed by atoms with Gasteiger partial charge in [0.1, 0.15) is 11.6 Å². The van der Waals surface area contributed by atoms with Crippen LogP contribution >= 0.6 is 0 Å². The minimum Gasteiger partial charge on any atom is -0.487 e. The monoisotopic (exact) mass is 271 g/mol. The zero-order valence-electron chi connectivity index (χ0n) is 8.58. The topological polar surface area (TPSA) is 52.4 Å². The van der Waals surface area contributed by atoms with Crippen molar-refractivity contribution in [3.63, 3.8) is 0 Å². The Labute approximate surface area is 97.1 Å². The van der Waals surface area contributed by atoms with Gasteiger partial charge in [-0.3, -0.25) is 10.1 Å². The van der Waals surface area contributed by atoms with Crippen molar-refractivity contribution in [2.75, 3.05) is 6.61 Å². The summed E-state index contributed by atoms with van der Waals surface area (Å²) in [6.07, 6.45) is -3.94. The van der Waals surface area contributed by atoms with E-state index in [0.717, 1.165) is 0 Å². The SMILES string of the molecule is O=[N+]([O-])c1cc(F)cc(OCC(F)(F)C(F)F)c1. The normalized spacial score (nSPS) is 11.7. The fourth-order valence-electron chi connectivity index (χ4n) is 0.979. The Morgan fingerprint density at radius 2 is 1.94 bits per heavy atom. The fraction of sp³-hybridized carbons (Fsp3) is 0.333. The second kappa shape index (κ2) is 5.15. The van der Waals surface area contributed by atoms with Gasteiger partial charge in [-0.15, -0.1) is 0 Å². The van der Waals surface area contributed by atoms with Crippen molar-refractivity contribution in [2.45, 2.75) is 12.3 Å². The zero-order chi connectivity index (χ0) is 13.9. The molecule has 0 amide bonds. The van der Waals surface area contributed by atoms with Crippen LogP contribution in [0.3, 0.4) is 0 Å². The van der Waals surface area contributed by atoms with Gasteiger partial charge in [0.15, 0.2) is 6.61 Å². The van der Waals surface area contributed by atoms with Gasteiger partial charge in [-0.2, -0.15) is 8.78 Å². The lowest BCUT2D eigenvalue weighted by molar-refractivity contribution is -0.385. The maximum Gasteiger partial charge on any atom is 0.340 e. The molecule has 0 aliphatic heterocycles. The highest BCUT2D eigenvalue weighted by molar-refractivity contribution is 5.38. The largest absolute Gasteiger partial charge is 0.487 e. The summed E-state index contributed by atoms with van der Waals surface area (Å²) in [7, 11) is 0. The number of hydrogen-bond donors (Lipinski definition) is 0. The van der Waals surface area contributed by atoms with Crippen molar-refractivity contribution < 1.29 is 31.6 Å². The molecule has 0 N–H and O–H groups in total. The average Bonchev–Trinajstić information content (AvgIpc) is 2.25. The molecule has 0 aliphatic carbocycles. The fourth-order valence-corrected chi connectivity index (χ4v) is 0.979. The first kappa shape index (κ1) is 14.1. The Morgan fingerprint density at radius 1 is 1.33 bits per heavy atom. The summed E-state index contributed by atoms with van der Waals surface area (Å²) in [5.74, 6) is -6.14. The van der Waals surface area contributed by atoms with Gasteiger partial charge < -0.3 is 4.74 Å². The number of nitro benzene ring substituents is 1. The number of nitro groups is 1. The van der Waals surface area contributed by atoms with E-state index in [-0.39, 0.29) is 0 Å². The lowest BCUT2D eigenvalue weighted by atomic mass is 10.3. The van der Waals surface area contributed by atoms with E-state index in [1.54, 1.807) is 0 Å². The van der Waals surface area contributed by atoms with E-state index in [0.29, 0.717) is 18.2 Å². The first-order valence-electron chi connectivity index (χ1n) is 4.46. The number of non-ortho nitro benzene ring substituents is 1. The molecule has 4 nitrogen and oxygen atoms in total. The molecular weight excluding hydrogens is 265 g/mol. The molecule has 0 heterocycles. The van der Waals surface area contributed by atoms with Gasteiger partial charge in [-0.1, -0.05) is 0 Å². The summed E-state index contributed by atoms with van der Waals surface area (Å²) in [6.45, 7) is -1.70. The summed E-state index contributed by atoms with van der Waals surface area (Å²) in [5.41, 5.74) is -0.731. The maximum absolute atomic E-state index is 12.8. The standard InChI is InChI=1S/C9H6F5NO3/c10-5-1-6(15(16)17)3-7(2-5)18-4-9(13,14)8(11)12/h1-3,8H,4H2. The highest BCUT2D eigenvalue weighted by atomic mass is 19.3. The van der Waals surface area contributed by atoms with Crippen LogP contribution in [-0.2, 0) is 0 Å². The minimum absolute atomic E-state index is 0.540. The summed E-state index contributed by atoms with van der Waals surface area (Å²) < 4.78 is 65.6. The van der Waals surface area contributed by atoms with Crippen LogP contribution in [0.2, 0.25) is 0 Å². The van der Waals surface area contributed by atoms with Gasteiger partial charge in [0, 0.05) is 6.07 Å².